The van der Waals surface area contributed by atoms with Crippen molar-refractivity contribution in [1.29, 1.82) is 0 Å². The molecule has 1 aromatic rings. The van der Waals surface area contributed by atoms with E-state index in [1.165, 1.54) is 21.8 Å². The lowest BCUT2D eigenvalue weighted by atomic mass is 9.90. The van der Waals surface area contributed by atoms with Crippen LogP contribution in [0.25, 0.3) is 0 Å². The highest BCUT2D eigenvalue weighted by atomic mass is 32.2. The number of thiophene rings is 1. The molecule has 0 spiro atoms. The second kappa shape index (κ2) is 8.53. The Bertz CT molecular complexity index is 843. The first kappa shape index (κ1) is 21.3. The summed E-state index contributed by atoms with van der Waals surface area (Å²) < 4.78 is 28.9. The number of ether oxygens (including phenoxy) is 1. The first-order valence-corrected chi connectivity index (χ1v) is 12.6. The molecule has 2 atom stereocenters. The van der Waals surface area contributed by atoms with Crippen molar-refractivity contribution in [1.82, 2.24) is 4.90 Å². The first-order chi connectivity index (χ1) is 13.1. The molecule has 1 aromatic heterocycles. The fourth-order valence-corrected chi connectivity index (χ4v) is 6.79. The summed E-state index contributed by atoms with van der Waals surface area (Å²) in [6, 6.07) is 1.58. The topological polar surface area (TPSA) is 80.8 Å². The van der Waals surface area contributed by atoms with E-state index in [1.807, 2.05) is 19.9 Å². The van der Waals surface area contributed by atoms with Crippen molar-refractivity contribution in [3.8, 4) is 0 Å². The molecule has 0 bridgehead atoms. The molecule has 28 heavy (non-hydrogen) atoms. The van der Waals surface area contributed by atoms with Gasteiger partial charge in [-0.15, -0.1) is 11.3 Å². The van der Waals surface area contributed by atoms with Crippen molar-refractivity contribution >= 4 is 33.1 Å². The zero-order valence-electron chi connectivity index (χ0n) is 16.8. The Morgan fingerprint density at radius 2 is 2.07 bits per heavy atom. The molecule has 0 unspecified atom stereocenters. The van der Waals surface area contributed by atoms with Crippen molar-refractivity contribution in [2.45, 2.75) is 52.5 Å². The van der Waals surface area contributed by atoms with Gasteiger partial charge in [0.05, 0.1) is 11.5 Å². The lowest BCUT2D eigenvalue weighted by Crippen LogP contribution is -2.45. The number of carbonyl (C=O) groups is 2. The predicted molar refractivity (Wildman–Crippen MR) is 109 cm³/mol. The molecular weight excluding hydrogens is 398 g/mol. The highest BCUT2D eigenvalue weighted by molar-refractivity contribution is 7.91. The molecule has 0 saturated carbocycles. The largest absolute Gasteiger partial charge is 0.451 e. The number of sulfone groups is 1. The third-order valence-corrected chi connectivity index (χ3v) is 8.36. The van der Waals surface area contributed by atoms with E-state index in [2.05, 4.69) is 6.92 Å². The summed E-state index contributed by atoms with van der Waals surface area (Å²) in [5, 5.41) is 0. The summed E-state index contributed by atoms with van der Waals surface area (Å²) in [6.45, 7) is 6.28. The average molecular weight is 428 g/mol. The number of hydrogen-bond donors (Lipinski definition) is 0. The van der Waals surface area contributed by atoms with Crippen molar-refractivity contribution < 1.29 is 22.7 Å². The smallest absolute Gasteiger partial charge is 0.348 e. The number of fused-ring (bicyclic) bond motifs is 1. The molecule has 1 aliphatic heterocycles. The molecule has 0 N–H and O–H groups in total. The van der Waals surface area contributed by atoms with Crippen LogP contribution in [0.2, 0.25) is 0 Å². The van der Waals surface area contributed by atoms with Gasteiger partial charge < -0.3 is 9.64 Å². The lowest BCUT2D eigenvalue weighted by Gasteiger charge is -2.29. The molecule has 3 rings (SSSR count). The fraction of sp³-hybridized carbons (Fsp3) is 0.700. The molecule has 8 heteroatoms. The zero-order valence-corrected chi connectivity index (χ0v) is 18.4. The third-order valence-electron chi connectivity index (χ3n) is 5.39. The van der Waals surface area contributed by atoms with Gasteiger partial charge in [0.2, 0.25) is 0 Å². The third kappa shape index (κ3) is 5.14. The molecule has 6 nitrogen and oxygen atoms in total. The van der Waals surface area contributed by atoms with Crippen molar-refractivity contribution in [3.63, 3.8) is 0 Å². The van der Waals surface area contributed by atoms with Gasteiger partial charge in [-0.1, -0.05) is 20.8 Å². The Kier molecular flexibility index (Phi) is 6.49. The lowest BCUT2D eigenvalue weighted by molar-refractivity contribution is -0.137. The van der Waals surface area contributed by atoms with Gasteiger partial charge in [0, 0.05) is 17.5 Å². The minimum absolute atomic E-state index is 0.00473. The van der Waals surface area contributed by atoms with Crippen LogP contribution in [0, 0.1) is 11.8 Å². The van der Waals surface area contributed by atoms with Gasteiger partial charge in [-0.25, -0.2) is 13.2 Å². The van der Waals surface area contributed by atoms with E-state index in [-0.39, 0.29) is 36.0 Å². The quantitative estimate of drug-likeness (QED) is 0.652. The maximum Gasteiger partial charge on any atom is 0.348 e. The number of carbonyl (C=O) groups excluding carboxylic acids is 2. The predicted octanol–water partition coefficient (Wildman–Crippen LogP) is 2.70. The molecule has 0 radical (unpaired) electrons. The normalized spacial score (nSPS) is 23.4. The summed E-state index contributed by atoms with van der Waals surface area (Å²) in [5.41, 5.74) is 1.22. The van der Waals surface area contributed by atoms with Crippen LogP contribution < -0.4 is 0 Å². The fourth-order valence-electron chi connectivity index (χ4n) is 3.96. The second-order valence-electron chi connectivity index (χ2n) is 8.48. The van der Waals surface area contributed by atoms with Gasteiger partial charge in [0.25, 0.3) is 5.91 Å². The summed E-state index contributed by atoms with van der Waals surface area (Å²) in [6.07, 6.45) is 3.56. The summed E-state index contributed by atoms with van der Waals surface area (Å²) in [7, 11) is -3.09. The maximum atomic E-state index is 12.7. The Balaban J connectivity index is 1.61. The van der Waals surface area contributed by atoms with Crippen LogP contribution in [-0.2, 0) is 32.2 Å². The first-order valence-electron chi connectivity index (χ1n) is 9.93. The minimum Gasteiger partial charge on any atom is -0.451 e. The van der Waals surface area contributed by atoms with Gasteiger partial charge in [-0.3, -0.25) is 4.79 Å². The molecule has 1 amide bonds. The molecule has 1 fully saturated rings. The molecular formula is C20H29NO5S2. The van der Waals surface area contributed by atoms with E-state index in [9.17, 15) is 18.0 Å². The van der Waals surface area contributed by atoms with E-state index in [0.29, 0.717) is 23.8 Å². The van der Waals surface area contributed by atoms with E-state index >= 15 is 0 Å². The van der Waals surface area contributed by atoms with Crippen molar-refractivity contribution in [2.75, 3.05) is 24.7 Å². The Morgan fingerprint density at radius 3 is 2.71 bits per heavy atom. The monoisotopic (exact) mass is 427 g/mol. The number of amides is 1. The zero-order chi connectivity index (χ0) is 20.5. The molecule has 1 saturated heterocycles. The molecule has 2 aliphatic rings. The van der Waals surface area contributed by atoms with Gasteiger partial charge in [0.15, 0.2) is 16.4 Å². The molecule has 0 aromatic carbocycles. The van der Waals surface area contributed by atoms with Gasteiger partial charge in [-0.05, 0) is 49.1 Å². The van der Waals surface area contributed by atoms with E-state index < -0.39 is 15.8 Å². The second-order valence-corrected chi connectivity index (χ2v) is 11.8. The van der Waals surface area contributed by atoms with Crippen LogP contribution >= 0.6 is 11.3 Å². The SMILES string of the molecule is CC(C)CN(C(=O)COC(=O)c1cc2c(s1)CC[C@H](C)C2)[C@H]1CCS(=O)(=O)C1. The molecule has 1 aliphatic carbocycles. The van der Waals surface area contributed by atoms with E-state index in [0.717, 1.165) is 19.3 Å². The van der Waals surface area contributed by atoms with Gasteiger partial charge in [0.1, 0.15) is 4.88 Å². The number of esters is 1. The molecule has 2 heterocycles. The number of hydrogen-bond acceptors (Lipinski definition) is 6. The summed E-state index contributed by atoms with van der Waals surface area (Å²) in [5.74, 6) is 0.144. The van der Waals surface area contributed by atoms with Gasteiger partial charge >= 0.3 is 5.97 Å². The van der Waals surface area contributed by atoms with E-state index in [4.69, 9.17) is 4.74 Å². The Morgan fingerprint density at radius 1 is 1.32 bits per heavy atom. The summed E-state index contributed by atoms with van der Waals surface area (Å²) >= 11 is 1.46. The number of aryl methyl sites for hydroxylation is 1. The molecule has 156 valence electrons. The van der Waals surface area contributed by atoms with Crippen LogP contribution in [0.4, 0.5) is 0 Å². The Labute approximate surface area is 171 Å². The highest BCUT2D eigenvalue weighted by Crippen LogP contribution is 2.32. The van der Waals surface area contributed by atoms with E-state index in [1.54, 1.807) is 4.90 Å². The maximum absolute atomic E-state index is 12.7. The summed E-state index contributed by atoms with van der Waals surface area (Å²) in [4.78, 5) is 28.5. The Hall–Kier alpha value is -1.41. The van der Waals surface area contributed by atoms with Crippen molar-refractivity contribution in [3.05, 3.63) is 21.4 Å². The minimum atomic E-state index is -3.09. The van der Waals surface area contributed by atoms with Crippen LogP contribution in [0.3, 0.4) is 0 Å². The van der Waals surface area contributed by atoms with Crippen molar-refractivity contribution in [2.24, 2.45) is 11.8 Å². The standard InChI is InChI=1S/C20H29NO5S2/c1-13(2)10-21(16-6-7-28(24,25)12-16)19(22)11-26-20(23)18-9-15-8-14(3)4-5-17(15)27-18/h9,13-14,16H,4-8,10-12H2,1-3H3/t14-,16-/m0/s1. The highest BCUT2D eigenvalue weighted by Gasteiger charge is 2.35. The van der Waals surface area contributed by atoms with Gasteiger partial charge in [-0.2, -0.15) is 0 Å². The number of nitrogens with zero attached hydrogens (tertiary/aromatic N) is 1. The van der Waals surface area contributed by atoms with Crippen LogP contribution in [0.15, 0.2) is 6.07 Å². The van der Waals surface area contributed by atoms with Crippen LogP contribution in [0.5, 0.6) is 0 Å². The number of rotatable bonds is 6. The van der Waals surface area contributed by atoms with Crippen LogP contribution in [-0.4, -0.2) is 55.9 Å². The van der Waals surface area contributed by atoms with Crippen LogP contribution in [0.1, 0.15) is 53.7 Å². The average Bonchev–Trinajstić information content (AvgIpc) is 3.19.